The van der Waals surface area contributed by atoms with Gasteiger partial charge in [0.2, 0.25) is 0 Å². The topological polar surface area (TPSA) is 41.6 Å². The van der Waals surface area contributed by atoms with Gasteiger partial charge >= 0.3 is 0 Å². The number of anilines is 1. The number of para-hydroxylation sites is 1. The highest BCUT2D eigenvalue weighted by Gasteiger charge is 2.26. The van der Waals surface area contributed by atoms with Crippen LogP contribution in [0.1, 0.15) is 24.0 Å². The molecular weight excluding hydrogens is 186 g/mol. The van der Waals surface area contributed by atoms with Crippen LogP contribution in [0.4, 0.5) is 5.69 Å². The SMILES string of the molecule is N/N=C1/CCN2CCCc3cccc1c32. The molecule has 1 aromatic rings. The molecule has 0 unspecified atom stereocenters. The molecule has 0 spiro atoms. The minimum Gasteiger partial charge on any atom is -0.370 e. The van der Waals surface area contributed by atoms with Gasteiger partial charge in [-0.2, -0.15) is 5.10 Å². The number of hydrogen-bond acceptors (Lipinski definition) is 3. The molecule has 2 aliphatic heterocycles. The largest absolute Gasteiger partial charge is 0.370 e. The van der Waals surface area contributed by atoms with Gasteiger partial charge in [-0.05, 0) is 18.4 Å². The molecule has 0 amide bonds. The van der Waals surface area contributed by atoms with E-state index in [2.05, 4.69) is 28.2 Å². The van der Waals surface area contributed by atoms with Crippen LogP contribution in [0.15, 0.2) is 23.3 Å². The van der Waals surface area contributed by atoms with Crippen LogP contribution in [-0.4, -0.2) is 18.8 Å². The summed E-state index contributed by atoms with van der Waals surface area (Å²) >= 11 is 0. The monoisotopic (exact) mass is 201 g/mol. The second-order valence-corrected chi connectivity index (χ2v) is 4.23. The van der Waals surface area contributed by atoms with Gasteiger partial charge in [-0.1, -0.05) is 18.2 Å². The Morgan fingerprint density at radius 1 is 1.20 bits per heavy atom. The van der Waals surface area contributed by atoms with Crippen LogP contribution in [0.3, 0.4) is 0 Å². The fraction of sp³-hybridized carbons (Fsp3) is 0.417. The summed E-state index contributed by atoms with van der Waals surface area (Å²) in [6, 6.07) is 6.49. The summed E-state index contributed by atoms with van der Waals surface area (Å²) in [5, 5.41) is 3.91. The lowest BCUT2D eigenvalue weighted by atomic mass is 9.91. The van der Waals surface area contributed by atoms with Gasteiger partial charge in [0.1, 0.15) is 0 Å². The maximum atomic E-state index is 5.44. The maximum absolute atomic E-state index is 5.44. The highest BCUT2D eigenvalue weighted by atomic mass is 15.2. The Morgan fingerprint density at radius 3 is 3.00 bits per heavy atom. The lowest BCUT2D eigenvalue weighted by Gasteiger charge is -2.36. The van der Waals surface area contributed by atoms with Crippen molar-refractivity contribution in [2.24, 2.45) is 10.9 Å². The first kappa shape index (κ1) is 8.77. The average Bonchev–Trinajstić information content (AvgIpc) is 2.30. The summed E-state index contributed by atoms with van der Waals surface area (Å²) in [4.78, 5) is 2.48. The van der Waals surface area contributed by atoms with Crippen molar-refractivity contribution in [1.82, 2.24) is 0 Å². The van der Waals surface area contributed by atoms with E-state index in [0.29, 0.717) is 0 Å². The second-order valence-electron chi connectivity index (χ2n) is 4.23. The molecule has 0 radical (unpaired) electrons. The van der Waals surface area contributed by atoms with Gasteiger partial charge < -0.3 is 10.7 Å². The third-order valence-electron chi connectivity index (χ3n) is 3.40. The van der Waals surface area contributed by atoms with Gasteiger partial charge in [0.25, 0.3) is 0 Å². The third-order valence-corrected chi connectivity index (χ3v) is 3.40. The standard InChI is InChI=1S/C12H15N3/c13-14-11-6-8-15-7-2-4-9-3-1-5-10(11)12(9)15/h1,3,5H,2,4,6-8,13H2/b14-11-. The number of rotatable bonds is 0. The Hall–Kier alpha value is -1.51. The molecule has 78 valence electrons. The van der Waals surface area contributed by atoms with Crippen molar-refractivity contribution in [3.8, 4) is 0 Å². The number of hydrogen-bond donors (Lipinski definition) is 1. The van der Waals surface area contributed by atoms with Crippen molar-refractivity contribution in [3.63, 3.8) is 0 Å². The number of nitrogens with zero attached hydrogens (tertiary/aromatic N) is 2. The molecule has 15 heavy (non-hydrogen) atoms. The molecule has 3 heteroatoms. The van der Waals surface area contributed by atoms with Crippen LogP contribution in [-0.2, 0) is 6.42 Å². The van der Waals surface area contributed by atoms with Crippen LogP contribution in [0.25, 0.3) is 0 Å². The number of hydrazone groups is 1. The van der Waals surface area contributed by atoms with Crippen LogP contribution in [0, 0.1) is 0 Å². The van der Waals surface area contributed by atoms with Crippen molar-refractivity contribution < 1.29 is 0 Å². The molecule has 0 bridgehead atoms. The van der Waals surface area contributed by atoms with Crippen molar-refractivity contribution in [2.45, 2.75) is 19.3 Å². The molecule has 0 fully saturated rings. The van der Waals surface area contributed by atoms with E-state index in [1.54, 1.807) is 0 Å². The van der Waals surface area contributed by atoms with Gasteiger partial charge in [-0.3, -0.25) is 0 Å². The molecule has 3 nitrogen and oxygen atoms in total. The lowest BCUT2D eigenvalue weighted by molar-refractivity contribution is 0.688. The zero-order valence-electron chi connectivity index (χ0n) is 8.74. The third kappa shape index (κ3) is 1.23. The molecule has 0 saturated heterocycles. The number of nitrogens with two attached hydrogens (primary N) is 1. The van der Waals surface area contributed by atoms with E-state index in [4.69, 9.17) is 5.84 Å². The van der Waals surface area contributed by atoms with Crippen LogP contribution < -0.4 is 10.7 Å². The minimum absolute atomic E-state index is 0.979. The lowest BCUT2D eigenvalue weighted by Crippen LogP contribution is -2.37. The molecule has 2 N–H and O–H groups in total. The molecule has 3 rings (SSSR count). The van der Waals surface area contributed by atoms with Gasteiger partial charge in [0.05, 0.1) is 5.71 Å². The smallest absolute Gasteiger partial charge is 0.0711 e. The zero-order chi connectivity index (χ0) is 10.3. The Morgan fingerprint density at radius 2 is 2.13 bits per heavy atom. The Labute approximate surface area is 89.6 Å². The summed E-state index contributed by atoms with van der Waals surface area (Å²) in [5.41, 5.74) is 5.16. The summed E-state index contributed by atoms with van der Waals surface area (Å²) < 4.78 is 0. The molecule has 0 aliphatic carbocycles. The molecule has 0 saturated carbocycles. The van der Waals surface area contributed by atoms with Gasteiger partial charge in [0.15, 0.2) is 0 Å². The van der Waals surface area contributed by atoms with E-state index in [1.807, 2.05) is 0 Å². The molecule has 0 aromatic heterocycles. The van der Waals surface area contributed by atoms with Gasteiger partial charge in [-0.25, -0.2) is 0 Å². The maximum Gasteiger partial charge on any atom is 0.0711 e. The van der Waals surface area contributed by atoms with E-state index in [-0.39, 0.29) is 0 Å². The van der Waals surface area contributed by atoms with E-state index < -0.39 is 0 Å². The molecule has 2 heterocycles. The van der Waals surface area contributed by atoms with Crippen molar-refractivity contribution in [1.29, 1.82) is 0 Å². The summed E-state index contributed by atoms with van der Waals surface area (Å²) in [7, 11) is 0. The normalized spacial score (nSPS) is 21.6. The minimum atomic E-state index is 0.979. The first-order valence-electron chi connectivity index (χ1n) is 5.54. The Kier molecular flexibility index (Phi) is 1.91. The average molecular weight is 201 g/mol. The zero-order valence-corrected chi connectivity index (χ0v) is 8.74. The quantitative estimate of drug-likeness (QED) is 0.510. The van der Waals surface area contributed by atoms with Crippen molar-refractivity contribution in [2.75, 3.05) is 18.0 Å². The summed E-state index contributed by atoms with van der Waals surface area (Å²) in [5.74, 6) is 5.44. The second kappa shape index (κ2) is 3.26. The van der Waals surface area contributed by atoms with Crippen LogP contribution in [0.2, 0.25) is 0 Å². The summed E-state index contributed by atoms with van der Waals surface area (Å²) in [6.45, 7) is 2.25. The highest BCUT2D eigenvalue weighted by molar-refractivity contribution is 6.07. The van der Waals surface area contributed by atoms with E-state index in [0.717, 1.165) is 18.7 Å². The van der Waals surface area contributed by atoms with E-state index in [9.17, 15) is 0 Å². The van der Waals surface area contributed by atoms with Gasteiger partial charge in [-0.15, -0.1) is 0 Å². The Balaban J connectivity index is 2.22. The van der Waals surface area contributed by atoms with Crippen molar-refractivity contribution in [3.05, 3.63) is 29.3 Å². The predicted molar refractivity (Wildman–Crippen MR) is 62.3 cm³/mol. The Bertz CT molecular complexity index is 423. The fourth-order valence-electron chi connectivity index (χ4n) is 2.70. The van der Waals surface area contributed by atoms with Crippen molar-refractivity contribution >= 4 is 11.4 Å². The van der Waals surface area contributed by atoms with Crippen LogP contribution >= 0.6 is 0 Å². The molecule has 2 aliphatic rings. The molecular formula is C12H15N3. The summed E-state index contributed by atoms with van der Waals surface area (Å²) in [6.07, 6.45) is 3.44. The van der Waals surface area contributed by atoms with Gasteiger partial charge in [0, 0.05) is 30.8 Å². The predicted octanol–water partition coefficient (Wildman–Crippen LogP) is 1.51. The molecule has 0 atom stereocenters. The molecule has 1 aromatic carbocycles. The van der Waals surface area contributed by atoms with E-state index >= 15 is 0 Å². The van der Waals surface area contributed by atoms with E-state index in [1.165, 1.54) is 36.2 Å². The first-order chi connectivity index (χ1) is 7.40. The first-order valence-corrected chi connectivity index (χ1v) is 5.54. The highest BCUT2D eigenvalue weighted by Crippen LogP contribution is 2.34. The number of benzene rings is 1. The van der Waals surface area contributed by atoms with Crippen LogP contribution in [0.5, 0.6) is 0 Å². The number of aryl methyl sites for hydroxylation is 1. The fourth-order valence-corrected chi connectivity index (χ4v) is 2.70.